The Balaban J connectivity index is -0.000000266. The third-order valence-corrected chi connectivity index (χ3v) is 2.49. The van der Waals surface area contributed by atoms with Gasteiger partial charge in [0.05, 0.1) is 0 Å². The van der Waals surface area contributed by atoms with Crippen LogP contribution >= 0.6 is 0 Å². The van der Waals surface area contributed by atoms with Crippen LogP contribution < -0.4 is 9.64 Å². The third kappa shape index (κ3) is 16.8. The minimum atomic E-state index is -4.65. The van der Waals surface area contributed by atoms with Crippen LogP contribution in [0.2, 0.25) is 0 Å². The fourth-order valence-electron chi connectivity index (χ4n) is 1.51. The first kappa shape index (κ1) is 31.7. The summed E-state index contributed by atoms with van der Waals surface area (Å²) >= 11 is 0. The van der Waals surface area contributed by atoms with Crippen molar-refractivity contribution in [1.82, 2.24) is 0 Å². The zero-order chi connectivity index (χ0) is 21.8. The second kappa shape index (κ2) is 21.0. The zero-order valence-electron chi connectivity index (χ0n) is 17.7. The standard InChI is InChI=1S/C13H16F3NO.3C2H6.C2H2/c1-4-5-10(2)17(3)11-6-8-12(9-7-11)18-13(14,15)16;4*1-2/h5-9H,4H2,1-3H3;3*1-2H3;1-2H/b10-5-;;;;. The molecule has 0 N–H and O–H groups in total. The van der Waals surface area contributed by atoms with Crippen LogP contribution in [0.25, 0.3) is 0 Å². The number of hydrogen-bond donors (Lipinski definition) is 0. The van der Waals surface area contributed by atoms with Crippen LogP contribution in [0.15, 0.2) is 36.0 Å². The predicted molar refractivity (Wildman–Crippen MR) is 110 cm³/mol. The van der Waals surface area contributed by atoms with Gasteiger partial charge in [0.15, 0.2) is 0 Å². The molecule has 0 bridgehead atoms. The van der Waals surface area contributed by atoms with Gasteiger partial charge in [0.2, 0.25) is 0 Å². The molecule has 26 heavy (non-hydrogen) atoms. The van der Waals surface area contributed by atoms with Gasteiger partial charge in [-0.15, -0.1) is 26.0 Å². The van der Waals surface area contributed by atoms with E-state index in [4.69, 9.17) is 0 Å². The second-order valence-corrected chi connectivity index (χ2v) is 3.85. The van der Waals surface area contributed by atoms with Crippen molar-refractivity contribution >= 4 is 5.69 Å². The Morgan fingerprint density at radius 2 is 1.38 bits per heavy atom. The summed E-state index contributed by atoms with van der Waals surface area (Å²) in [5.41, 5.74) is 1.86. The number of terminal acetylenes is 1. The highest BCUT2D eigenvalue weighted by Crippen LogP contribution is 2.26. The molecular weight excluding hydrogens is 339 g/mol. The lowest BCUT2D eigenvalue weighted by Crippen LogP contribution is -2.17. The second-order valence-electron chi connectivity index (χ2n) is 3.85. The maximum Gasteiger partial charge on any atom is 0.573 e. The molecule has 0 saturated heterocycles. The molecule has 0 heterocycles. The average molecular weight is 376 g/mol. The summed E-state index contributed by atoms with van der Waals surface area (Å²) in [7, 11) is 1.86. The number of nitrogens with zero attached hydrogens (tertiary/aromatic N) is 1. The molecule has 2 nitrogen and oxygen atoms in total. The molecule has 0 fully saturated rings. The topological polar surface area (TPSA) is 12.5 Å². The van der Waals surface area contributed by atoms with Crippen LogP contribution in [-0.2, 0) is 0 Å². The number of allylic oxidation sites excluding steroid dienone is 2. The first-order chi connectivity index (χ1) is 12.3. The van der Waals surface area contributed by atoms with Crippen molar-refractivity contribution in [2.24, 2.45) is 0 Å². The van der Waals surface area contributed by atoms with Crippen molar-refractivity contribution in [1.29, 1.82) is 0 Å². The summed E-state index contributed by atoms with van der Waals surface area (Å²) in [6, 6.07) is 5.79. The SMILES string of the molecule is C#C.CC.CC.CC.CC/C=C(/C)N(C)c1ccc(OC(F)(F)F)cc1. The molecule has 0 aliphatic heterocycles. The van der Waals surface area contributed by atoms with Crippen molar-refractivity contribution in [2.45, 2.75) is 68.2 Å². The van der Waals surface area contributed by atoms with Gasteiger partial charge in [-0.05, 0) is 37.6 Å². The Labute approximate surface area is 159 Å². The van der Waals surface area contributed by atoms with Crippen LogP contribution in [0.1, 0.15) is 61.8 Å². The van der Waals surface area contributed by atoms with Gasteiger partial charge in [-0.25, -0.2) is 0 Å². The van der Waals surface area contributed by atoms with E-state index >= 15 is 0 Å². The van der Waals surface area contributed by atoms with Crippen LogP contribution in [0, 0.1) is 12.8 Å². The van der Waals surface area contributed by atoms with Gasteiger partial charge in [-0.1, -0.05) is 54.5 Å². The van der Waals surface area contributed by atoms with Crippen molar-refractivity contribution in [3.05, 3.63) is 36.0 Å². The fraction of sp³-hybridized carbons (Fsp3) is 0.524. The lowest BCUT2D eigenvalue weighted by Gasteiger charge is -2.20. The first-order valence-corrected chi connectivity index (χ1v) is 8.93. The van der Waals surface area contributed by atoms with E-state index in [0.29, 0.717) is 0 Å². The van der Waals surface area contributed by atoms with E-state index in [9.17, 15) is 13.2 Å². The van der Waals surface area contributed by atoms with Gasteiger partial charge in [-0.2, -0.15) is 0 Å². The molecule has 0 saturated carbocycles. The summed E-state index contributed by atoms with van der Waals surface area (Å²) in [6.45, 7) is 16.0. The summed E-state index contributed by atoms with van der Waals surface area (Å²) < 4.78 is 39.8. The van der Waals surface area contributed by atoms with Gasteiger partial charge >= 0.3 is 6.36 Å². The maximum absolute atomic E-state index is 12.0. The van der Waals surface area contributed by atoms with E-state index in [1.54, 1.807) is 12.1 Å². The van der Waals surface area contributed by atoms with Gasteiger partial charge < -0.3 is 9.64 Å². The molecule has 1 aromatic rings. The fourth-order valence-corrected chi connectivity index (χ4v) is 1.51. The van der Waals surface area contributed by atoms with Gasteiger partial charge in [0.1, 0.15) is 5.75 Å². The molecule has 5 heteroatoms. The highest BCUT2D eigenvalue weighted by molar-refractivity contribution is 5.52. The van der Waals surface area contributed by atoms with Gasteiger partial charge in [-0.3, -0.25) is 0 Å². The van der Waals surface area contributed by atoms with E-state index in [1.807, 2.05) is 73.4 Å². The summed E-state index contributed by atoms with van der Waals surface area (Å²) in [4.78, 5) is 1.90. The van der Waals surface area contributed by atoms with E-state index in [2.05, 4.69) is 17.6 Å². The Bertz CT molecular complexity index is 449. The quantitative estimate of drug-likeness (QED) is 0.501. The minimum Gasteiger partial charge on any atom is -0.406 e. The molecule has 0 aliphatic rings. The lowest BCUT2D eigenvalue weighted by atomic mass is 10.2. The monoisotopic (exact) mass is 375 g/mol. The smallest absolute Gasteiger partial charge is 0.406 e. The normalized spacial score (nSPS) is 9.38. The summed E-state index contributed by atoms with van der Waals surface area (Å²) in [6.07, 6.45) is 6.30. The van der Waals surface area contributed by atoms with Crippen molar-refractivity contribution < 1.29 is 17.9 Å². The molecule has 0 unspecified atom stereocenters. The molecule has 0 spiro atoms. The molecule has 152 valence electrons. The van der Waals surface area contributed by atoms with E-state index in [-0.39, 0.29) is 5.75 Å². The van der Waals surface area contributed by atoms with Crippen LogP contribution in [0.5, 0.6) is 5.75 Å². The van der Waals surface area contributed by atoms with E-state index < -0.39 is 6.36 Å². The Morgan fingerprint density at radius 3 is 1.69 bits per heavy atom. The van der Waals surface area contributed by atoms with Crippen molar-refractivity contribution in [3.63, 3.8) is 0 Å². The Morgan fingerprint density at radius 1 is 1.00 bits per heavy atom. The molecule has 1 rings (SSSR count). The zero-order valence-corrected chi connectivity index (χ0v) is 17.7. The number of ether oxygens (including phenoxy) is 1. The number of anilines is 1. The maximum atomic E-state index is 12.0. The minimum absolute atomic E-state index is 0.211. The molecule has 0 radical (unpaired) electrons. The third-order valence-electron chi connectivity index (χ3n) is 2.49. The lowest BCUT2D eigenvalue weighted by molar-refractivity contribution is -0.274. The summed E-state index contributed by atoms with van der Waals surface area (Å²) in [5, 5.41) is 0. The van der Waals surface area contributed by atoms with E-state index in [0.717, 1.165) is 17.8 Å². The number of halogens is 3. The van der Waals surface area contributed by atoms with E-state index in [1.165, 1.54) is 12.1 Å². The van der Waals surface area contributed by atoms with Crippen LogP contribution in [0.4, 0.5) is 18.9 Å². The largest absolute Gasteiger partial charge is 0.573 e. The number of benzene rings is 1. The molecule has 0 aliphatic carbocycles. The predicted octanol–water partition coefficient (Wildman–Crippen LogP) is 7.66. The number of alkyl halides is 3. The average Bonchev–Trinajstić information content (AvgIpc) is 2.67. The van der Waals surface area contributed by atoms with Crippen LogP contribution in [0.3, 0.4) is 0 Å². The molecular formula is C21H36F3NO. The molecule has 0 atom stereocenters. The number of rotatable bonds is 4. The Hall–Kier alpha value is -2.09. The molecule has 0 aromatic heterocycles. The van der Waals surface area contributed by atoms with Crippen LogP contribution in [-0.4, -0.2) is 13.4 Å². The number of hydrogen-bond acceptors (Lipinski definition) is 2. The first-order valence-electron chi connectivity index (χ1n) is 8.93. The van der Waals surface area contributed by atoms with Crippen molar-refractivity contribution in [2.75, 3.05) is 11.9 Å². The highest BCUT2D eigenvalue weighted by atomic mass is 19.4. The summed E-state index contributed by atoms with van der Waals surface area (Å²) in [5.74, 6) is -0.211. The van der Waals surface area contributed by atoms with Gasteiger partial charge in [0.25, 0.3) is 0 Å². The van der Waals surface area contributed by atoms with Gasteiger partial charge in [0, 0.05) is 18.4 Å². The Kier molecular flexibility index (Phi) is 25.5. The molecule has 0 amide bonds. The van der Waals surface area contributed by atoms with Crippen molar-refractivity contribution in [3.8, 4) is 18.6 Å². The highest BCUT2D eigenvalue weighted by Gasteiger charge is 2.30. The molecule has 1 aromatic carbocycles.